The lowest BCUT2D eigenvalue weighted by Crippen LogP contribution is -2.27. The molecule has 0 aromatic heterocycles. The van der Waals surface area contributed by atoms with E-state index in [1.54, 1.807) is 0 Å². The summed E-state index contributed by atoms with van der Waals surface area (Å²) in [4.78, 5) is 11.2. The molecule has 1 N–H and O–H groups in total. The highest BCUT2D eigenvalue weighted by Gasteiger charge is 2.15. The normalized spacial score (nSPS) is 12.1. The van der Waals surface area contributed by atoms with Gasteiger partial charge in [-0.3, -0.25) is 10.5 Å². The van der Waals surface area contributed by atoms with Crippen molar-refractivity contribution in [1.82, 2.24) is 5.73 Å². The highest BCUT2D eigenvalue weighted by atomic mass is 16.5. The van der Waals surface area contributed by atoms with Crippen LogP contribution in [-0.4, -0.2) is 12.0 Å². The molecule has 1 rings (SSSR count). The number of amides is 1. The molecule has 0 aliphatic carbocycles. The Bertz CT molecular complexity index is 501. The van der Waals surface area contributed by atoms with Gasteiger partial charge in [0.2, 0.25) is 0 Å². The molecule has 153 valence electrons. The van der Waals surface area contributed by atoms with Gasteiger partial charge in [0.1, 0.15) is 5.75 Å². The van der Waals surface area contributed by atoms with E-state index in [0.29, 0.717) is 12.2 Å². The minimum Gasteiger partial charge on any atom is -0.481 e. The smallest absolute Gasteiger partial charge is 0.279 e. The largest absolute Gasteiger partial charge is 0.481 e. The van der Waals surface area contributed by atoms with E-state index in [0.717, 1.165) is 6.42 Å². The SMILES string of the molecule is CCCCCCCCCCCCCCc1cccc(OC(CC)C([NH])=O)c1. The topological polar surface area (TPSA) is 50.1 Å². The summed E-state index contributed by atoms with van der Waals surface area (Å²) in [5.74, 6) is 0.0581. The summed E-state index contributed by atoms with van der Waals surface area (Å²) >= 11 is 0. The first-order chi connectivity index (χ1) is 13.2. The Hall–Kier alpha value is -1.51. The van der Waals surface area contributed by atoms with Crippen LogP contribution in [0, 0.1) is 0 Å². The van der Waals surface area contributed by atoms with Gasteiger partial charge in [0.25, 0.3) is 5.91 Å². The quantitative estimate of drug-likeness (QED) is 0.278. The molecule has 0 heterocycles. The van der Waals surface area contributed by atoms with Crippen LogP contribution in [0.15, 0.2) is 24.3 Å². The van der Waals surface area contributed by atoms with Crippen LogP contribution in [0.1, 0.15) is 103 Å². The molecule has 1 amide bonds. The number of hydrogen-bond donors (Lipinski definition) is 0. The molecule has 1 aromatic rings. The summed E-state index contributed by atoms with van der Waals surface area (Å²) in [5, 5.41) is 0. The maximum Gasteiger partial charge on any atom is 0.279 e. The number of hydrogen-bond acceptors (Lipinski definition) is 2. The monoisotopic (exact) mass is 374 g/mol. The molecule has 0 aliphatic rings. The van der Waals surface area contributed by atoms with Crippen molar-refractivity contribution in [2.24, 2.45) is 0 Å². The highest BCUT2D eigenvalue weighted by Crippen LogP contribution is 2.18. The molecule has 0 saturated heterocycles. The van der Waals surface area contributed by atoms with Gasteiger partial charge < -0.3 is 4.74 Å². The van der Waals surface area contributed by atoms with Crippen molar-refractivity contribution in [3.63, 3.8) is 0 Å². The van der Waals surface area contributed by atoms with Gasteiger partial charge in [-0.15, -0.1) is 0 Å². The Morgan fingerprint density at radius 3 is 1.96 bits per heavy atom. The molecule has 1 aromatic carbocycles. The van der Waals surface area contributed by atoms with E-state index in [1.807, 2.05) is 25.1 Å². The molecule has 3 heteroatoms. The molecule has 1 unspecified atom stereocenters. The predicted molar refractivity (Wildman–Crippen MR) is 114 cm³/mol. The molecular weight excluding hydrogens is 334 g/mol. The van der Waals surface area contributed by atoms with Gasteiger partial charge in [0, 0.05) is 0 Å². The van der Waals surface area contributed by atoms with Gasteiger partial charge in [-0.05, 0) is 37.0 Å². The van der Waals surface area contributed by atoms with Gasteiger partial charge >= 0.3 is 0 Å². The van der Waals surface area contributed by atoms with Crippen molar-refractivity contribution >= 4 is 5.91 Å². The second-order valence-corrected chi connectivity index (χ2v) is 7.67. The molecule has 0 saturated carbocycles. The van der Waals surface area contributed by atoms with E-state index in [1.165, 1.54) is 82.6 Å². The average molecular weight is 375 g/mol. The van der Waals surface area contributed by atoms with E-state index >= 15 is 0 Å². The number of carbonyl (C=O) groups is 1. The van der Waals surface area contributed by atoms with Crippen molar-refractivity contribution in [2.75, 3.05) is 0 Å². The number of benzene rings is 1. The van der Waals surface area contributed by atoms with Crippen LogP contribution in [0.25, 0.3) is 0 Å². The number of aryl methyl sites for hydroxylation is 1. The summed E-state index contributed by atoms with van der Waals surface area (Å²) in [6, 6.07) is 7.99. The predicted octanol–water partition coefficient (Wildman–Crippen LogP) is 6.90. The van der Waals surface area contributed by atoms with E-state index in [4.69, 9.17) is 10.5 Å². The van der Waals surface area contributed by atoms with Gasteiger partial charge in [-0.25, -0.2) is 0 Å². The van der Waals surface area contributed by atoms with Crippen molar-refractivity contribution in [2.45, 2.75) is 110 Å². The van der Waals surface area contributed by atoms with E-state index in [-0.39, 0.29) is 0 Å². The Morgan fingerprint density at radius 2 is 1.44 bits per heavy atom. The lowest BCUT2D eigenvalue weighted by atomic mass is 10.0. The first-order valence-corrected chi connectivity index (χ1v) is 11.2. The Kier molecular flexibility index (Phi) is 13.5. The number of rotatable bonds is 17. The van der Waals surface area contributed by atoms with Crippen LogP contribution < -0.4 is 10.5 Å². The third kappa shape index (κ3) is 11.7. The van der Waals surface area contributed by atoms with E-state index in [2.05, 4.69) is 13.0 Å². The fourth-order valence-corrected chi connectivity index (χ4v) is 3.43. The molecule has 27 heavy (non-hydrogen) atoms. The number of unbranched alkanes of at least 4 members (excludes halogenated alkanes) is 11. The van der Waals surface area contributed by atoms with Crippen molar-refractivity contribution < 1.29 is 9.53 Å². The third-order valence-corrected chi connectivity index (χ3v) is 5.16. The van der Waals surface area contributed by atoms with Crippen LogP contribution in [0.5, 0.6) is 5.75 Å². The zero-order valence-corrected chi connectivity index (χ0v) is 17.6. The zero-order chi connectivity index (χ0) is 19.7. The fraction of sp³-hybridized carbons (Fsp3) is 0.708. The standard InChI is InChI=1S/C24H40NO2/c1-3-5-6-7-8-9-10-11-12-13-14-15-17-21-18-16-19-22(20-21)27-23(4-2)24(25)26/h16,18-20,23,25H,3-15,17H2,1-2H3. The molecular formula is C24H40NO2. The third-order valence-electron chi connectivity index (χ3n) is 5.16. The van der Waals surface area contributed by atoms with Crippen LogP contribution >= 0.6 is 0 Å². The van der Waals surface area contributed by atoms with Crippen LogP contribution in [0.4, 0.5) is 0 Å². The van der Waals surface area contributed by atoms with Crippen LogP contribution in [0.2, 0.25) is 0 Å². The molecule has 3 nitrogen and oxygen atoms in total. The molecule has 0 fully saturated rings. The van der Waals surface area contributed by atoms with Gasteiger partial charge in [-0.1, -0.05) is 96.6 Å². The van der Waals surface area contributed by atoms with Gasteiger partial charge in [0.05, 0.1) is 0 Å². The Morgan fingerprint density at radius 1 is 0.889 bits per heavy atom. The Labute approximate surface area is 167 Å². The fourth-order valence-electron chi connectivity index (χ4n) is 3.43. The molecule has 1 radical (unpaired) electrons. The van der Waals surface area contributed by atoms with Crippen LogP contribution in [-0.2, 0) is 11.2 Å². The van der Waals surface area contributed by atoms with Crippen LogP contribution in [0.3, 0.4) is 0 Å². The van der Waals surface area contributed by atoms with Gasteiger partial charge in [0.15, 0.2) is 6.10 Å². The van der Waals surface area contributed by atoms with Crippen molar-refractivity contribution in [1.29, 1.82) is 0 Å². The lowest BCUT2D eigenvalue weighted by molar-refractivity contribution is -0.125. The highest BCUT2D eigenvalue weighted by molar-refractivity contribution is 5.78. The number of ether oxygens (including phenoxy) is 1. The second-order valence-electron chi connectivity index (χ2n) is 7.67. The lowest BCUT2D eigenvalue weighted by Gasteiger charge is -2.14. The Balaban J connectivity index is 2.08. The molecule has 0 aliphatic heterocycles. The first-order valence-electron chi connectivity index (χ1n) is 11.2. The van der Waals surface area contributed by atoms with E-state index < -0.39 is 12.0 Å². The second kappa shape index (κ2) is 15.5. The first kappa shape index (κ1) is 23.5. The minimum atomic E-state index is -0.649. The maximum atomic E-state index is 11.2. The summed E-state index contributed by atoms with van der Waals surface area (Å²) in [6.07, 6.45) is 17.3. The summed E-state index contributed by atoms with van der Waals surface area (Å²) in [6.45, 7) is 4.14. The summed E-state index contributed by atoms with van der Waals surface area (Å²) in [5.41, 5.74) is 8.49. The number of nitrogens with one attached hydrogen (secondary N) is 1. The van der Waals surface area contributed by atoms with Gasteiger partial charge in [-0.2, -0.15) is 0 Å². The summed E-state index contributed by atoms with van der Waals surface area (Å²) < 4.78 is 5.64. The summed E-state index contributed by atoms with van der Waals surface area (Å²) in [7, 11) is 0. The molecule has 0 bridgehead atoms. The zero-order valence-electron chi connectivity index (χ0n) is 17.6. The average Bonchev–Trinajstić information content (AvgIpc) is 2.67. The minimum absolute atomic E-state index is 0.533. The molecule has 1 atom stereocenters. The van der Waals surface area contributed by atoms with Crippen molar-refractivity contribution in [3.05, 3.63) is 29.8 Å². The molecule has 0 spiro atoms. The van der Waals surface area contributed by atoms with Crippen molar-refractivity contribution in [3.8, 4) is 5.75 Å². The number of carbonyl (C=O) groups excluding carboxylic acids is 1. The maximum absolute atomic E-state index is 11.2. The van der Waals surface area contributed by atoms with E-state index in [9.17, 15) is 4.79 Å².